The summed E-state index contributed by atoms with van der Waals surface area (Å²) in [5.74, 6) is 1.39. The lowest BCUT2D eigenvalue weighted by atomic mass is 9.97. The van der Waals surface area contributed by atoms with Gasteiger partial charge in [0, 0.05) is 18.5 Å². The summed E-state index contributed by atoms with van der Waals surface area (Å²) in [7, 11) is 0. The normalized spacial score (nSPS) is 11.9. The molecular formula is C15H19N3O2. The highest BCUT2D eigenvalue weighted by atomic mass is 16.5. The predicted molar refractivity (Wildman–Crippen MR) is 77.7 cm³/mol. The lowest BCUT2D eigenvalue weighted by Crippen LogP contribution is -2.32. The second kappa shape index (κ2) is 6.75. The molecule has 106 valence electrons. The molecule has 1 unspecified atom stereocenters. The highest BCUT2D eigenvalue weighted by molar-refractivity contribution is 5.88. The van der Waals surface area contributed by atoms with E-state index in [0.717, 1.165) is 6.42 Å². The van der Waals surface area contributed by atoms with Crippen LogP contribution in [0.25, 0.3) is 0 Å². The van der Waals surface area contributed by atoms with Crippen molar-refractivity contribution in [2.24, 2.45) is 0 Å². The molecule has 1 aromatic heterocycles. The summed E-state index contributed by atoms with van der Waals surface area (Å²) < 4.78 is 4.89. The van der Waals surface area contributed by atoms with Crippen LogP contribution >= 0.6 is 0 Å². The molecule has 0 radical (unpaired) electrons. The summed E-state index contributed by atoms with van der Waals surface area (Å²) in [6, 6.07) is 11.6. The van der Waals surface area contributed by atoms with Crippen LogP contribution in [0.1, 0.15) is 30.6 Å². The minimum Gasteiger partial charge on any atom is -0.360 e. The predicted octanol–water partition coefficient (Wildman–Crippen LogP) is 3.30. The van der Waals surface area contributed by atoms with Crippen LogP contribution < -0.4 is 10.6 Å². The van der Waals surface area contributed by atoms with Crippen LogP contribution in [0.15, 0.2) is 40.9 Å². The Hall–Kier alpha value is -2.30. The number of benzene rings is 1. The van der Waals surface area contributed by atoms with Gasteiger partial charge >= 0.3 is 6.03 Å². The average molecular weight is 273 g/mol. The number of nitrogens with one attached hydrogen (secondary N) is 2. The Labute approximate surface area is 118 Å². The van der Waals surface area contributed by atoms with Crippen molar-refractivity contribution >= 4 is 11.8 Å². The molecule has 2 amide bonds. The third-order valence-electron chi connectivity index (χ3n) is 3.14. The van der Waals surface area contributed by atoms with Crippen molar-refractivity contribution in [1.82, 2.24) is 10.5 Å². The number of aromatic nitrogens is 1. The Morgan fingerprint density at radius 3 is 2.70 bits per heavy atom. The smallest absolute Gasteiger partial charge is 0.320 e. The lowest BCUT2D eigenvalue weighted by molar-refractivity contribution is 0.251. The second-order valence-corrected chi connectivity index (χ2v) is 4.67. The van der Waals surface area contributed by atoms with Gasteiger partial charge in [0.15, 0.2) is 5.82 Å². The number of rotatable bonds is 5. The highest BCUT2D eigenvalue weighted by Crippen LogP contribution is 2.18. The standard InChI is InChI=1S/C15H19N3O2/c1-3-12(13-7-5-4-6-8-13)10-16-15(19)17-14-9-11(2)20-18-14/h4-9,12H,3,10H2,1-2H3,(H2,16,17,18,19). The van der Waals surface area contributed by atoms with Gasteiger partial charge in [-0.2, -0.15) is 0 Å². The van der Waals surface area contributed by atoms with Gasteiger partial charge in [0.2, 0.25) is 0 Å². The first kappa shape index (κ1) is 14.1. The summed E-state index contributed by atoms with van der Waals surface area (Å²) in [6.45, 7) is 4.47. The van der Waals surface area contributed by atoms with E-state index in [-0.39, 0.29) is 6.03 Å². The number of nitrogens with zero attached hydrogens (tertiary/aromatic N) is 1. The Morgan fingerprint density at radius 1 is 1.35 bits per heavy atom. The van der Waals surface area contributed by atoms with Gasteiger partial charge in [-0.05, 0) is 18.9 Å². The molecule has 0 spiro atoms. The van der Waals surface area contributed by atoms with Gasteiger partial charge in [0.1, 0.15) is 5.76 Å². The summed E-state index contributed by atoms with van der Waals surface area (Å²) in [5.41, 5.74) is 1.23. The Morgan fingerprint density at radius 2 is 2.10 bits per heavy atom. The van der Waals surface area contributed by atoms with Crippen molar-refractivity contribution in [3.63, 3.8) is 0 Å². The Kier molecular flexibility index (Phi) is 4.76. The van der Waals surface area contributed by atoms with Gasteiger partial charge in [-0.1, -0.05) is 42.4 Å². The third kappa shape index (κ3) is 3.85. The lowest BCUT2D eigenvalue weighted by Gasteiger charge is -2.16. The molecular weight excluding hydrogens is 254 g/mol. The van der Waals surface area contributed by atoms with E-state index in [0.29, 0.717) is 24.0 Å². The van der Waals surface area contributed by atoms with E-state index >= 15 is 0 Å². The number of carbonyl (C=O) groups is 1. The minimum absolute atomic E-state index is 0.271. The summed E-state index contributed by atoms with van der Waals surface area (Å²) in [5, 5.41) is 9.21. The van der Waals surface area contributed by atoms with E-state index in [2.05, 4.69) is 34.8 Å². The van der Waals surface area contributed by atoms with Crippen LogP contribution in [0.5, 0.6) is 0 Å². The number of aryl methyl sites for hydroxylation is 1. The van der Waals surface area contributed by atoms with Crippen LogP contribution in [0.3, 0.4) is 0 Å². The van der Waals surface area contributed by atoms with Gasteiger partial charge in [0.05, 0.1) is 0 Å². The molecule has 5 nitrogen and oxygen atoms in total. The molecule has 0 bridgehead atoms. The number of carbonyl (C=O) groups excluding carboxylic acids is 1. The summed E-state index contributed by atoms with van der Waals surface area (Å²) >= 11 is 0. The van der Waals surface area contributed by atoms with Gasteiger partial charge in [-0.3, -0.25) is 5.32 Å². The van der Waals surface area contributed by atoms with E-state index in [4.69, 9.17) is 4.52 Å². The van der Waals surface area contributed by atoms with E-state index in [1.54, 1.807) is 13.0 Å². The van der Waals surface area contributed by atoms with Crippen LogP contribution in [-0.2, 0) is 0 Å². The second-order valence-electron chi connectivity index (χ2n) is 4.67. The molecule has 1 aromatic carbocycles. The molecule has 2 rings (SSSR count). The number of hydrogen-bond donors (Lipinski definition) is 2. The monoisotopic (exact) mass is 273 g/mol. The first-order valence-corrected chi connectivity index (χ1v) is 6.72. The van der Waals surface area contributed by atoms with Crippen molar-refractivity contribution < 1.29 is 9.32 Å². The molecule has 1 heterocycles. The Balaban J connectivity index is 1.85. The van der Waals surface area contributed by atoms with Crippen LogP contribution in [-0.4, -0.2) is 17.7 Å². The molecule has 1 atom stereocenters. The first-order valence-electron chi connectivity index (χ1n) is 6.72. The number of amides is 2. The quantitative estimate of drug-likeness (QED) is 0.878. The molecule has 0 fully saturated rings. The molecule has 0 aliphatic rings. The van der Waals surface area contributed by atoms with Crippen molar-refractivity contribution in [3.05, 3.63) is 47.7 Å². The molecule has 2 aromatic rings. The Bertz CT molecular complexity index is 551. The van der Waals surface area contributed by atoms with Crippen LogP contribution in [0, 0.1) is 6.92 Å². The van der Waals surface area contributed by atoms with E-state index in [9.17, 15) is 4.79 Å². The SMILES string of the molecule is CCC(CNC(=O)Nc1cc(C)on1)c1ccccc1. The molecule has 5 heteroatoms. The van der Waals surface area contributed by atoms with Gasteiger partial charge in [-0.25, -0.2) is 4.79 Å². The van der Waals surface area contributed by atoms with Crippen molar-refractivity contribution in [2.45, 2.75) is 26.2 Å². The fourth-order valence-electron chi connectivity index (χ4n) is 2.02. The molecule has 0 saturated heterocycles. The minimum atomic E-state index is -0.271. The van der Waals surface area contributed by atoms with Crippen molar-refractivity contribution in [1.29, 1.82) is 0 Å². The topological polar surface area (TPSA) is 67.2 Å². The van der Waals surface area contributed by atoms with Crippen LogP contribution in [0.4, 0.5) is 10.6 Å². The molecule has 0 saturated carbocycles. The highest BCUT2D eigenvalue weighted by Gasteiger charge is 2.11. The first-order chi connectivity index (χ1) is 9.69. The maximum atomic E-state index is 11.8. The zero-order valence-corrected chi connectivity index (χ0v) is 11.7. The van der Waals surface area contributed by atoms with Gasteiger partial charge < -0.3 is 9.84 Å². The van der Waals surface area contributed by atoms with E-state index in [1.165, 1.54) is 5.56 Å². The van der Waals surface area contributed by atoms with E-state index < -0.39 is 0 Å². The fourth-order valence-corrected chi connectivity index (χ4v) is 2.02. The summed E-state index contributed by atoms with van der Waals surface area (Å²) in [4.78, 5) is 11.8. The molecule has 0 aliphatic carbocycles. The fraction of sp³-hybridized carbons (Fsp3) is 0.333. The van der Waals surface area contributed by atoms with Crippen LogP contribution in [0.2, 0.25) is 0 Å². The van der Waals surface area contributed by atoms with E-state index in [1.807, 2.05) is 18.2 Å². The number of hydrogen-bond acceptors (Lipinski definition) is 3. The third-order valence-corrected chi connectivity index (χ3v) is 3.14. The zero-order chi connectivity index (χ0) is 14.4. The van der Waals surface area contributed by atoms with Crippen molar-refractivity contribution in [2.75, 3.05) is 11.9 Å². The van der Waals surface area contributed by atoms with Gasteiger partial charge in [0.25, 0.3) is 0 Å². The average Bonchev–Trinajstić information content (AvgIpc) is 2.86. The number of urea groups is 1. The molecule has 20 heavy (non-hydrogen) atoms. The van der Waals surface area contributed by atoms with Crippen molar-refractivity contribution in [3.8, 4) is 0 Å². The largest absolute Gasteiger partial charge is 0.360 e. The summed E-state index contributed by atoms with van der Waals surface area (Å²) in [6.07, 6.45) is 0.966. The maximum absolute atomic E-state index is 11.8. The van der Waals surface area contributed by atoms with Gasteiger partial charge in [-0.15, -0.1) is 0 Å². The molecule has 0 aliphatic heterocycles. The number of anilines is 1. The molecule has 2 N–H and O–H groups in total. The maximum Gasteiger partial charge on any atom is 0.320 e. The zero-order valence-electron chi connectivity index (χ0n) is 11.7.